The molecule has 0 bridgehead atoms. The summed E-state index contributed by atoms with van der Waals surface area (Å²) in [4.78, 5) is 0. The predicted octanol–water partition coefficient (Wildman–Crippen LogP) is 3.20. The molecule has 1 aromatic carbocycles. The van der Waals surface area contributed by atoms with E-state index in [2.05, 4.69) is 23.6 Å². The van der Waals surface area contributed by atoms with Gasteiger partial charge in [-0.3, -0.25) is 0 Å². The SMILES string of the molecule is N#CCCC(N)c1csc2ccccc12. The van der Waals surface area contributed by atoms with Crippen LogP contribution in [0.1, 0.15) is 24.4 Å². The second kappa shape index (κ2) is 4.43. The first-order chi connectivity index (χ1) is 7.33. The van der Waals surface area contributed by atoms with Crippen LogP contribution in [0.25, 0.3) is 10.1 Å². The van der Waals surface area contributed by atoms with Crippen molar-refractivity contribution in [3.05, 3.63) is 35.2 Å². The molecule has 0 aliphatic rings. The molecule has 1 atom stereocenters. The lowest BCUT2D eigenvalue weighted by molar-refractivity contribution is 0.672. The summed E-state index contributed by atoms with van der Waals surface area (Å²) in [5.41, 5.74) is 7.22. The smallest absolute Gasteiger partial charge is 0.0622 e. The van der Waals surface area contributed by atoms with E-state index in [0.29, 0.717) is 6.42 Å². The van der Waals surface area contributed by atoms with Crippen LogP contribution in [0, 0.1) is 11.3 Å². The highest BCUT2D eigenvalue weighted by atomic mass is 32.1. The zero-order valence-electron chi connectivity index (χ0n) is 8.31. The molecule has 0 fully saturated rings. The van der Waals surface area contributed by atoms with Gasteiger partial charge in [-0.25, -0.2) is 0 Å². The lowest BCUT2D eigenvalue weighted by atomic mass is 10.0. The van der Waals surface area contributed by atoms with Crippen LogP contribution in [0.4, 0.5) is 0 Å². The Morgan fingerprint density at radius 1 is 1.40 bits per heavy atom. The number of hydrogen-bond donors (Lipinski definition) is 1. The molecule has 0 saturated heterocycles. The molecule has 2 N–H and O–H groups in total. The summed E-state index contributed by atoms with van der Waals surface area (Å²) in [6.07, 6.45) is 1.25. The molecule has 15 heavy (non-hydrogen) atoms. The van der Waals surface area contributed by atoms with E-state index in [0.717, 1.165) is 6.42 Å². The Kier molecular flexibility index (Phi) is 3.00. The Bertz CT molecular complexity index is 496. The van der Waals surface area contributed by atoms with Crippen molar-refractivity contribution in [2.45, 2.75) is 18.9 Å². The molecule has 2 aromatic rings. The van der Waals surface area contributed by atoms with Crippen LogP contribution in [-0.2, 0) is 0 Å². The van der Waals surface area contributed by atoms with E-state index in [1.54, 1.807) is 11.3 Å². The topological polar surface area (TPSA) is 49.8 Å². The Labute approximate surface area is 92.9 Å². The van der Waals surface area contributed by atoms with Gasteiger partial charge in [0, 0.05) is 17.2 Å². The lowest BCUT2D eigenvalue weighted by Crippen LogP contribution is -2.08. The van der Waals surface area contributed by atoms with Gasteiger partial charge in [0.1, 0.15) is 0 Å². The Hall–Kier alpha value is -1.37. The van der Waals surface area contributed by atoms with Crippen molar-refractivity contribution in [3.8, 4) is 6.07 Å². The third kappa shape index (κ3) is 2.01. The lowest BCUT2D eigenvalue weighted by Gasteiger charge is -2.07. The van der Waals surface area contributed by atoms with Gasteiger partial charge in [-0.2, -0.15) is 5.26 Å². The molecule has 1 aromatic heterocycles. The molecule has 2 rings (SSSR count). The van der Waals surface area contributed by atoms with Gasteiger partial charge in [0.2, 0.25) is 0 Å². The first-order valence-electron chi connectivity index (χ1n) is 4.91. The molecule has 0 radical (unpaired) electrons. The maximum absolute atomic E-state index is 8.52. The minimum atomic E-state index is -0.0131. The van der Waals surface area contributed by atoms with Crippen LogP contribution >= 0.6 is 11.3 Å². The number of fused-ring (bicyclic) bond motifs is 1. The molecule has 0 amide bonds. The van der Waals surface area contributed by atoms with E-state index in [9.17, 15) is 0 Å². The zero-order chi connectivity index (χ0) is 10.7. The van der Waals surface area contributed by atoms with Crippen molar-refractivity contribution >= 4 is 21.4 Å². The zero-order valence-corrected chi connectivity index (χ0v) is 9.13. The summed E-state index contributed by atoms with van der Waals surface area (Å²) >= 11 is 1.71. The quantitative estimate of drug-likeness (QED) is 0.856. The molecular formula is C12H12N2S. The molecule has 1 heterocycles. The third-order valence-corrected chi connectivity index (χ3v) is 3.46. The highest BCUT2D eigenvalue weighted by Crippen LogP contribution is 2.30. The van der Waals surface area contributed by atoms with E-state index in [-0.39, 0.29) is 6.04 Å². The number of nitrogens with two attached hydrogens (primary N) is 1. The molecule has 3 heteroatoms. The summed E-state index contributed by atoms with van der Waals surface area (Å²) in [6, 6.07) is 10.4. The van der Waals surface area contributed by atoms with Gasteiger partial charge in [-0.1, -0.05) is 18.2 Å². The average Bonchev–Trinajstić information content (AvgIpc) is 2.69. The number of nitrogens with zero attached hydrogens (tertiary/aromatic N) is 1. The van der Waals surface area contributed by atoms with Gasteiger partial charge in [0.05, 0.1) is 6.07 Å². The van der Waals surface area contributed by atoms with Crippen LogP contribution in [0.3, 0.4) is 0 Å². The number of benzene rings is 1. The minimum Gasteiger partial charge on any atom is -0.324 e. The van der Waals surface area contributed by atoms with E-state index >= 15 is 0 Å². The standard InChI is InChI=1S/C12H12N2S/c13-7-3-5-11(14)10-8-15-12-6-2-1-4-9(10)12/h1-2,4,6,8,11H,3,5,14H2. The van der Waals surface area contributed by atoms with Crippen LogP contribution in [-0.4, -0.2) is 0 Å². The van der Waals surface area contributed by atoms with Crippen molar-refractivity contribution in [1.82, 2.24) is 0 Å². The van der Waals surface area contributed by atoms with Crippen LogP contribution in [0.15, 0.2) is 29.6 Å². The maximum atomic E-state index is 8.52. The highest BCUT2D eigenvalue weighted by Gasteiger charge is 2.10. The summed E-state index contributed by atoms with van der Waals surface area (Å²) in [5, 5.41) is 11.9. The highest BCUT2D eigenvalue weighted by molar-refractivity contribution is 7.17. The van der Waals surface area contributed by atoms with E-state index in [4.69, 9.17) is 11.0 Å². The predicted molar refractivity (Wildman–Crippen MR) is 63.6 cm³/mol. The summed E-state index contributed by atoms with van der Waals surface area (Å²) < 4.78 is 1.26. The second-order valence-corrected chi connectivity index (χ2v) is 4.40. The maximum Gasteiger partial charge on any atom is 0.0622 e. The molecule has 1 unspecified atom stereocenters. The fourth-order valence-corrected chi connectivity index (χ4v) is 2.69. The van der Waals surface area contributed by atoms with Gasteiger partial charge >= 0.3 is 0 Å². The molecule has 0 aliphatic heterocycles. The van der Waals surface area contributed by atoms with Crippen molar-refractivity contribution in [3.63, 3.8) is 0 Å². The molecule has 0 saturated carbocycles. The van der Waals surface area contributed by atoms with Crippen LogP contribution in [0.2, 0.25) is 0 Å². The number of hydrogen-bond acceptors (Lipinski definition) is 3. The van der Waals surface area contributed by atoms with Gasteiger partial charge in [-0.05, 0) is 28.8 Å². The molecule has 76 valence electrons. The fraction of sp³-hybridized carbons (Fsp3) is 0.250. The van der Waals surface area contributed by atoms with Gasteiger partial charge < -0.3 is 5.73 Å². The van der Waals surface area contributed by atoms with Crippen LogP contribution in [0.5, 0.6) is 0 Å². The number of thiophene rings is 1. The monoisotopic (exact) mass is 216 g/mol. The van der Waals surface area contributed by atoms with Crippen molar-refractivity contribution < 1.29 is 0 Å². The Balaban J connectivity index is 2.32. The largest absolute Gasteiger partial charge is 0.324 e. The first kappa shape index (κ1) is 10.2. The average molecular weight is 216 g/mol. The second-order valence-electron chi connectivity index (χ2n) is 3.49. The molecule has 0 aliphatic carbocycles. The van der Waals surface area contributed by atoms with Crippen molar-refractivity contribution in [2.24, 2.45) is 5.73 Å². The Morgan fingerprint density at radius 3 is 3.00 bits per heavy atom. The van der Waals surface area contributed by atoms with Gasteiger partial charge in [-0.15, -0.1) is 11.3 Å². The van der Waals surface area contributed by atoms with E-state index in [1.807, 2.05) is 12.1 Å². The first-order valence-corrected chi connectivity index (χ1v) is 5.79. The number of rotatable bonds is 3. The molecule has 0 spiro atoms. The van der Waals surface area contributed by atoms with Crippen LogP contribution < -0.4 is 5.73 Å². The minimum absolute atomic E-state index is 0.0131. The Morgan fingerprint density at radius 2 is 2.20 bits per heavy atom. The summed E-state index contributed by atoms with van der Waals surface area (Å²) in [7, 11) is 0. The summed E-state index contributed by atoms with van der Waals surface area (Å²) in [5.74, 6) is 0. The normalized spacial score (nSPS) is 12.5. The van der Waals surface area contributed by atoms with Crippen molar-refractivity contribution in [1.29, 1.82) is 5.26 Å². The third-order valence-electron chi connectivity index (χ3n) is 2.48. The van der Waals surface area contributed by atoms with Crippen molar-refractivity contribution in [2.75, 3.05) is 0 Å². The van der Waals surface area contributed by atoms with Gasteiger partial charge in [0.15, 0.2) is 0 Å². The van der Waals surface area contributed by atoms with E-state index in [1.165, 1.54) is 15.6 Å². The van der Waals surface area contributed by atoms with E-state index < -0.39 is 0 Å². The molecular weight excluding hydrogens is 204 g/mol. The van der Waals surface area contributed by atoms with Gasteiger partial charge in [0.25, 0.3) is 0 Å². The summed E-state index contributed by atoms with van der Waals surface area (Å²) in [6.45, 7) is 0. The number of nitriles is 1. The molecule has 2 nitrogen and oxygen atoms in total. The fourth-order valence-electron chi connectivity index (χ4n) is 1.66.